The predicted molar refractivity (Wildman–Crippen MR) is 76.3 cm³/mol. The summed E-state index contributed by atoms with van der Waals surface area (Å²) in [5.74, 6) is 0.0627. The van der Waals surface area contributed by atoms with E-state index in [4.69, 9.17) is 10.5 Å². The molecule has 2 aromatic heterocycles. The fourth-order valence-electron chi connectivity index (χ4n) is 1.88. The summed E-state index contributed by atoms with van der Waals surface area (Å²) >= 11 is 0. The number of hydrogen-bond acceptors (Lipinski definition) is 6. The van der Waals surface area contributed by atoms with E-state index in [1.54, 1.807) is 18.5 Å². The van der Waals surface area contributed by atoms with Gasteiger partial charge in [0.05, 0.1) is 19.0 Å². The maximum absolute atomic E-state index is 11.8. The van der Waals surface area contributed by atoms with E-state index in [2.05, 4.69) is 9.97 Å². The van der Waals surface area contributed by atoms with Gasteiger partial charge in [0.25, 0.3) is 0 Å². The van der Waals surface area contributed by atoms with Crippen LogP contribution in [-0.4, -0.2) is 30.1 Å². The summed E-state index contributed by atoms with van der Waals surface area (Å²) in [5.41, 5.74) is 7.46. The lowest BCUT2D eigenvalue weighted by Gasteiger charge is -2.20. The van der Waals surface area contributed by atoms with Crippen LogP contribution in [0.3, 0.4) is 0 Å². The number of hydrogen-bond donors (Lipinski definition) is 1. The van der Waals surface area contributed by atoms with Gasteiger partial charge < -0.3 is 15.4 Å². The first-order valence-corrected chi connectivity index (χ1v) is 6.05. The van der Waals surface area contributed by atoms with Crippen LogP contribution in [-0.2, 0) is 11.3 Å². The highest BCUT2D eigenvalue weighted by Crippen LogP contribution is 2.21. The average molecular weight is 272 g/mol. The molecule has 0 aliphatic heterocycles. The monoisotopic (exact) mass is 272 g/mol. The highest BCUT2D eigenvalue weighted by molar-refractivity contribution is 5.95. The molecule has 0 fully saturated rings. The maximum Gasteiger partial charge on any atom is 0.341 e. The molecule has 0 saturated carbocycles. The molecule has 0 unspecified atom stereocenters. The van der Waals surface area contributed by atoms with Gasteiger partial charge in [0, 0.05) is 26.0 Å². The van der Waals surface area contributed by atoms with Crippen molar-refractivity contribution in [2.24, 2.45) is 0 Å². The zero-order chi connectivity index (χ0) is 14.5. The number of rotatable bonds is 4. The topological polar surface area (TPSA) is 81.3 Å². The van der Waals surface area contributed by atoms with Crippen molar-refractivity contribution in [3.8, 4) is 0 Å². The molecular weight excluding hydrogens is 256 g/mol. The van der Waals surface area contributed by atoms with Crippen molar-refractivity contribution in [3.05, 3.63) is 47.9 Å². The molecular formula is C14H16N4O2. The van der Waals surface area contributed by atoms with Crippen LogP contribution in [0.25, 0.3) is 0 Å². The van der Waals surface area contributed by atoms with E-state index in [0.29, 0.717) is 23.6 Å². The third-order valence-electron chi connectivity index (χ3n) is 2.80. The van der Waals surface area contributed by atoms with Gasteiger partial charge in [-0.1, -0.05) is 6.07 Å². The third kappa shape index (κ3) is 3.03. The molecule has 2 rings (SSSR count). The van der Waals surface area contributed by atoms with E-state index in [9.17, 15) is 4.79 Å². The minimum atomic E-state index is -0.460. The number of esters is 1. The van der Waals surface area contributed by atoms with E-state index in [0.717, 1.165) is 5.56 Å². The van der Waals surface area contributed by atoms with Crippen molar-refractivity contribution >= 4 is 17.5 Å². The highest BCUT2D eigenvalue weighted by Gasteiger charge is 2.17. The molecule has 104 valence electrons. The number of aromatic nitrogens is 2. The van der Waals surface area contributed by atoms with Crippen molar-refractivity contribution < 1.29 is 9.53 Å². The smallest absolute Gasteiger partial charge is 0.341 e. The van der Waals surface area contributed by atoms with Gasteiger partial charge in [-0.2, -0.15) is 0 Å². The Kier molecular flexibility index (Phi) is 4.14. The normalized spacial score (nSPS) is 10.1. The van der Waals surface area contributed by atoms with Gasteiger partial charge >= 0.3 is 5.97 Å². The summed E-state index contributed by atoms with van der Waals surface area (Å²) in [7, 11) is 3.17. The Labute approximate surface area is 117 Å². The standard InChI is InChI=1S/C14H16N4O2/c1-18(9-10-4-3-5-16-7-10)13-12(14(19)20-2)6-11(15)8-17-13/h3-8H,9,15H2,1-2H3. The molecule has 20 heavy (non-hydrogen) atoms. The van der Waals surface area contributed by atoms with Gasteiger partial charge in [-0.3, -0.25) is 4.98 Å². The number of nitrogens with two attached hydrogens (primary N) is 1. The van der Waals surface area contributed by atoms with Crippen LogP contribution in [0.4, 0.5) is 11.5 Å². The van der Waals surface area contributed by atoms with E-state index in [1.165, 1.54) is 13.3 Å². The van der Waals surface area contributed by atoms with Crippen LogP contribution in [0.2, 0.25) is 0 Å². The first-order chi connectivity index (χ1) is 9.61. The van der Waals surface area contributed by atoms with Gasteiger partial charge in [-0.15, -0.1) is 0 Å². The number of carbonyl (C=O) groups excluding carboxylic acids is 1. The highest BCUT2D eigenvalue weighted by atomic mass is 16.5. The first kappa shape index (κ1) is 13.8. The molecule has 2 N–H and O–H groups in total. The first-order valence-electron chi connectivity index (χ1n) is 6.05. The second-order valence-corrected chi connectivity index (χ2v) is 4.35. The average Bonchev–Trinajstić information content (AvgIpc) is 2.47. The van der Waals surface area contributed by atoms with Crippen molar-refractivity contribution in [3.63, 3.8) is 0 Å². The van der Waals surface area contributed by atoms with E-state index >= 15 is 0 Å². The summed E-state index contributed by atoms with van der Waals surface area (Å²) in [6, 6.07) is 5.38. The number of nitrogen functional groups attached to an aromatic ring is 1. The summed E-state index contributed by atoms with van der Waals surface area (Å²) in [6.07, 6.45) is 5.00. The predicted octanol–water partition coefficient (Wildman–Crippen LogP) is 1.48. The second kappa shape index (κ2) is 6.01. The summed E-state index contributed by atoms with van der Waals surface area (Å²) < 4.78 is 4.76. The Morgan fingerprint density at radius 2 is 2.25 bits per heavy atom. The van der Waals surface area contributed by atoms with E-state index in [1.807, 2.05) is 24.1 Å². The molecule has 0 bridgehead atoms. The van der Waals surface area contributed by atoms with E-state index in [-0.39, 0.29) is 0 Å². The SMILES string of the molecule is COC(=O)c1cc(N)cnc1N(C)Cc1cccnc1. The van der Waals surface area contributed by atoms with Gasteiger partial charge in [0.15, 0.2) is 0 Å². The zero-order valence-corrected chi connectivity index (χ0v) is 11.4. The Hall–Kier alpha value is -2.63. The van der Waals surface area contributed by atoms with Crippen molar-refractivity contribution in [1.29, 1.82) is 0 Å². The molecule has 0 aliphatic rings. The third-order valence-corrected chi connectivity index (χ3v) is 2.80. The van der Waals surface area contributed by atoms with Crippen LogP contribution in [0.1, 0.15) is 15.9 Å². The van der Waals surface area contributed by atoms with Gasteiger partial charge in [-0.25, -0.2) is 9.78 Å². The van der Waals surface area contributed by atoms with Gasteiger partial charge in [0.2, 0.25) is 0 Å². The molecule has 2 heterocycles. The summed E-state index contributed by atoms with van der Waals surface area (Å²) in [6.45, 7) is 0.578. The second-order valence-electron chi connectivity index (χ2n) is 4.35. The van der Waals surface area contributed by atoms with Crippen molar-refractivity contribution in [2.75, 3.05) is 24.8 Å². The molecule has 2 aromatic rings. The number of ether oxygens (including phenoxy) is 1. The number of pyridine rings is 2. The fourth-order valence-corrected chi connectivity index (χ4v) is 1.88. The number of nitrogens with zero attached hydrogens (tertiary/aromatic N) is 3. The molecule has 0 aliphatic carbocycles. The Morgan fingerprint density at radius 3 is 2.90 bits per heavy atom. The molecule has 6 nitrogen and oxygen atoms in total. The largest absolute Gasteiger partial charge is 0.465 e. The number of carbonyl (C=O) groups is 1. The Balaban J connectivity index is 2.29. The van der Waals surface area contributed by atoms with Crippen LogP contribution < -0.4 is 10.6 Å². The molecule has 6 heteroatoms. The number of methoxy groups -OCH3 is 1. The fraction of sp³-hybridized carbons (Fsp3) is 0.214. The Bertz CT molecular complexity index is 601. The molecule has 0 aromatic carbocycles. The molecule has 0 atom stereocenters. The lowest BCUT2D eigenvalue weighted by molar-refractivity contribution is 0.0601. The van der Waals surface area contributed by atoms with Crippen molar-refractivity contribution in [1.82, 2.24) is 9.97 Å². The van der Waals surface area contributed by atoms with E-state index < -0.39 is 5.97 Å². The number of anilines is 2. The molecule has 0 saturated heterocycles. The summed E-state index contributed by atoms with van der Waals surface area (Å²) in [5, 5.41) is 0. The minimum Gasteiger partial charge on any atom is -0.465 e. The van der Waals surface area contributed by atoms with Gasteiger partial charge in [0.1, 0.15) is 11.4 Å². The van der Waals surface area contributed by atoms with Crippen molar-refractivity contribution in [2.45, 2.75) is 6.54 Å². The lowest BCUT2D eigenvalue weighted by Crippen LogP contribution is -2.21. The maximum atomic E-state index is 11.8. The minimum absolute atomic E-state index is 0.346. The van der Waals surface area contributed by atoms with Crippen LogP contribution in [0, 0.1) is 0 Å². The Morgan fingerprint density at radius 1 is 1.45 bits per heavy atom. The van der Waals surface area contributed by atoms with Crippen LogP contribution in [0.15, 0.2) is 36.8 Å². The summed E-state index contributed by atoms with van der Waals surface area (Å²) in [4.78, 5) is 21.9. The van der Waals surface area contributed by atoms with Crippen LogP contribution in [0.5, 0.6) is 0 Å². The quantitative estimate of drug-likeness (QED) is 0.849. The molecule has 0 radical (unpaired) electrons. The lowest BCUT2D eigenvalue weighted by atomic mass is 10.2. The van der Waals surface area contributed by atoms with Gasteiger partial charge in [-0.05, 0) is 17.7 Å². The molecule has 0 spiro atoms. The zero-order valence-electron chi connectivity index (χ0n) is 11.4. The molecule has 0 amide bonds. The van der Waals surface area contributed by atoms with Crippen LogP contribution >= 0.6 is 0 Å².